The molecular formula is C5H10O5S. The lowest BCUT2D eigenvalue weighted by molar-refractivity contribution is -0.142. The molecule has 11 heavy (non-hydrogen) atoms. The largest absolute Gasteiger partial charge is 0.467 e. The van der Waals surface area contributed by atoms with Crippen LogP contribution in [-0.2, 0) is 23.8 Å². The fourth-order valence-corrected chi connectivity index (χ4v) is 0.723. The van der Waals surface area contributed by atoms with E-state index in [1.807, 2.05) is 0 Å². The molecule has 0 aromatic heterocycles. The molecule has 66 valence electrons. The number of ether oxygens (including phenoxy) is 1. The lowest BCUT2D eigenvalue weighted by Gasteiger charge is -2.00. The summed E-state index contributed by atoms with van der Waals surface area (Å²) in [6.07, 6.45) is 0. The van der Waals surface area contributed by atoms with Crippen molar-refractivity contribution < 1.29 is 22.1 Å². The number of carbonyl (C=O) groups excluding carboxylic acids is 1. The lowest BCUT2D eigenvalue weighted by Crippen LogP contribution is -2.16. The molecule has 0 unspecified atom stereocenters. The number of esters is 1. The minimum atomic E-state index is -3.53. The average molecular weight is 182 g/mol. The minimum absolute atomic E-state index is 0.149. The van der Waals surface area contributed by atoms with E-state index in [-0.39, 0.29) is 5.75 Å². The van der Waals surface area contributed by atoms with Crippen molar-refractivity contribution in [3.63, 3.8) is 0 Å². The first kappa shape index (κ1) is 10.4. The quantitative estimate of drug-likeness (QED) is 0.434. The van der Waals surface area contributed by atoms with E-state index < -0.39 is 22.7 Å². The maximum atomic E-state index is 10.6. The zero-order valence-electron chi connectivity index (χ0n) is 6.36. The molecule has 6 heteroatoms. The van der Waals surface area contributed by atoms with Gasteiger partial charge in [-0.2, -0.15) is 8.42 Å². The van der Waals surface area contributed by atoms with Crippen molar-refractivity contribution in [2.75, 3.05) is 19.5 Å². The van der Waals surface area contributed by atoms with Gasteiger partial charge in [0.25, 0.3) is 10.1 Å². The highest BCUT2D eigenvalue weighted by Crippen LogP contribution is 1.91. The summed E-state index contributed by atoms with van der Waals surface area (Å²) in [6.45, 7) is 0.874. The standard InChI is InChI=1S/C5H10O5S/c1-3-11(7,8)10-4-5(6)9-2/h3-4H2,1-2H3. The molecule has 0 saturated carbocycles. The van der Waals surface area contributed by atoms with E-state index >= 15 is 0 Å². The first-order valence-corrected chi connectivity index (χ1v) is 4.53. The molecule has 0 aliphatic heterocycles. The summed E-state index contributed by atoms with van der Waals surface area (Å²) in [6, 6.07) is 0. The summed E-state index contributed by atoms with van der Waals surface area (Å²) in [5, 5.41) is 0. The first-order valence-electron chi connectivity index (χ1n) is 2.95. The van der Waals surface area contributed by atoms with Gasteiger partial charge in [0.2, 0.25) is 0 Å². The third kappa shape index (κ3) is 4.74. The van der Waals surface area contributed by atoms with Crippen molar-refractivity contribution >= 4 is 16.1 Å². The third-order valence-electron chi connectivity index (χ3n) is 0.938. The number of hydrogen-bond acceptors (Lipinski definition) is 5. The number of carbonyl (C=O) groups is 1. The predicted octanol–water partition coefficient (Wildman–Crippen LogP) is -0.474. The monoisotopic (exact) mass is 182 g/mol. The van der Waals surface area contributed by atoms with E-state index in [0.29, 0.717) is 0 Å². The maximum absolute atomic E-state index is 10.6. The van der Waals surface area contributed by atoms with Crippen LogP contribution in [0, 0.1) is 0 Å². The van der Waals surface area contributed by atoms with Crippen molar-refractivity contribution in [3.05, 3.63) is 0 Å². The molecule has 0 aromatic rings. The molecule has 0 N–H and O–H groups in total. The zero-order chi connectivity index (χ0) is 8.91. The SMILES string of the molecule is CCS(=O)(=O)OCC(=O)OC. The van der Waals surface area contributed by atoms with Gasteiger partial charge in [0.15, 0.2) is 6.61 Å². The van der Waals surface area contributed by atoms with E-state index in [0.717, 1.165) is 7.11 Å². The second-order valence-corrected chi connectivity index (χ2v) is 3.61. The second-order valence-electron chi connectivity index (χ2n) is 1.68. The van der Waals surface area contributed by atoms with Crippen LogP contribution < -0.4 is 0 Å². The van der Waals surface area contributed by atoms with Gasteiger partial charge in [0.1, 0.15) is 0 Å². The molecule has 5 nitrogen and oxygen atoms in total. The Balaban J connectivity index is 3.80. The Morgan fingerprint density at radius 2 is 2.00 bits per heavy atom. The van der Waals surface area contributed by atoms with Crippen LogP contribution in [0.4, 0.5) is 0 Å². The molecule has 0 bridgehead atoms. The molecule has 0 aliphatic rings. The van der Waals surface area contributed by atoms with Gasteiger partial charge in [-0.15, -0.1) is 0 Å². The zero-order valence-corrected chi connectivity index (χ0v) is 7.18. The van der Waals surface area contributed by atoms with E-state index in [1.165, 1.54) is 6.92 Å². The second kappa shape index (κ2) is 4.30. The summed E-state index contributed by atoms with van der Waals surface area (Å²) < 4.78 is 29.6. The maximum Gasteiger partial charge on any atom is 0.333 e. The third-order valence-corrected chi connectivity index (χ3v) is 2.12. The van der Waals surface area contributed by atoms with Gasteiger partial charge in [-0.3, -0.25) is 4.18 Å². The molecule has 0 fully saturated rings. The molecule has 0 amide bonds. The van der Waals surface area contributed by atoms with Crippen LogP contribution in [0.5, 0.6) is 0 Å². The molecule has 0 rings (SSSR count). The molecule has 0 heterocycles. The normalized spacial score (nSPS) is 11.1. The first-order chi connectivity index (χ1) is 5.02. The minimum Gasteiger partial charge on any atom is -0.467 e. The molecular weight excluding hydrogens is 172 g/mol. The van der Waals surface area contributed by atoms with Gasteiger partial charge in [-0.1, -0.05) is 0 Å². The molecule has 0 aliphatic carbocycles. The lowest BCUT2D eigenvalue weighted by atomic mass is 10.8. The van der Waals surface area contributed by atoms with E-state index in [4.69, 9.17) is 0 Å². The predicted molar refractivity (Wildman–Crippen MR) is 37.4 cm³/mol. The van der Waals surface area contributed by atoms with Gasteiger partial charge in [0.05, 0.1) is 12.9 Å². The van der Waals surface area contributed by atoms with Gasteiger partial charge in [-0.25, -0.2) is 4.79 Å². The summed E-state index contributed by atoms with van der Waals surface area (Å²) >= 11 is 0. The molecule has 0 saturated heterocycles. The number of hydrogen-bond donors (Lipinski definition) is 0. The Kier molecular flexibility index (Phi) is 4.06. The van der Waals surface area contributed by atoms with Crippen molar-refractivity contribution in [1.29, 1.82) is 0 Å². The highest BCUT2D eigenvalue weighted by Gasteiger charge is 2.10. The molecule has 0 aromatic carbocycles. The van der Waals surface area contributed by atoms with Crippen molar-refractivity contribution in [2.24, 2.45) is 0 Å². The van der Waals surface area contributed by atoms with Gasteiger partial charge in [-0.05, 0) is 6.92 Å². The number of methoxy groups -OCH3 is 1. The average Bonchev–Trinajstić information content (AvgIpc) is 2.00. The van der Waals surface area contributed by atoms with Crippen molar-refractivity contribution in [3.8, 4) is 0 Å². The Labute approximate surface area is 65.4 Å². The van der Waals surface area contributed by atoms with Gasteiger partial charge in [0, 0.05) is 0 Å². The van der Waals surface area contributed by atoms with E-state index in [9.17, 15) is 13.2 Å². The fraction of sp³-hybridized carbons (Fsp3) is 0.800. The van der Waals surface area contributed by atoms with E-state index in [1.54, 1.807) is 0 Å². The fourth-order valence-electron chi connectivity index (χ4n) is 0.280. The van der Waals surface area contributed by atoms with Crippen LogP contribution in [0.1, 0.15) is 6.92 Å². The molecule has 0 atom stereocenters. The van der Waals surface area contributed by atoms with Gasteiger partial charge >= 0.3 is 5.97 Å². The molecule has 0 radical (unpaired) electrons. The van der Waals surface area contributed by atoms with E-state index in [2.05, 4.69) is 8.92 Å². The van der Waals surface area contributed by atoms with Crippen LogP contribution >= 0.6 is 0 Å². The number of rotatable bonds is 4. The van der Waals surface area contributed by atoms with Crippen LogP contribution in [0.2, 0.25) is 0 Å². The highest BCUT2D eigenvalue weighted by molar-refractivity contribution is 7.86. The molecule has 0 spiro atoms. The van der Waals surface area contributed by atoms with Crippen LogP contribution in [0.3, 0.4) is 0 Å². The van der Waals surface area contributed by atoms with Gasteiger partial charge < -0.3 is 4.74 Å². The highest BCUT2D eigenvalue weighted by atomic mass is 32.2. The summed E-state index contributed by atoms with van der Waals surface area (Å²) in [4.78, 5) is 10.4. The van der Waals surface area contributed by atoms with Crippen molar-refractivity contribution in [1.82, 2.24) is 0 Å². The smallest absolute Gasteiger partial charge is 0.333 e. The summed E-state index contributed by atoms with van der Waals surface area (Å²) in [5.74, 6) is -0.855. The topological polar surface area (TPSA) is 69.7 Å². The summed E-state index contributed by atoms with van der Waals surface area (Å²) in [7, 11) is -2.37. The Bertz CT molecular complexity index is 217. The van der Waals surface area contributed by atoms with Crippen molar-refractivity contribution in [2.45, 2.75) is 6.92 Å². The summed E-state index contributed by atoms with van der Waals surface area (Å²) in [5.41, 5.74) is 0. The Hall–Kier alpha value is -0.620. The van der Waals surface area contributed by atoms with Crippen LogP contribution in [0.15, 0.2) is 0 Å². The Morgan fingerprint density at radius 3 is 2.36 bits per heavy atom. The Morgan fingerprint density at radius 1 is 1.45 bits per heavy atom. The van der Waals surface area contributed by atoms with Crippen LogP contribution in [0.25, 0.3) is 0 Å². The van der Waals surface area contributed by atoms with Crippen LogP contribution in [-0.4, -0.2) is 33.9 Å².